The van der Waals surface area contributed by atoms with Crippen molar-refractivity contribution in [3.63, 3.8) is 0 Å². The van der Waals surface area contributed by atoms with Crippen molar-refractivity contribution in [2.24, 2.45) is 16.0 Å². The van der Waals surface area contributed by atoms with E-state index in [1.807, 2.05) is 31.4 Å². The molecule has 0 atom stereocenters. The van der Waals surface area contributed by atoms with Crippen molar-refractivity contribution in [2.75, 3.05) is 0 Å². The van der Waals surface area contributed by atoms with E-state index in [0.29, 0.717) is 5.92 Å². The molecule has 0 bridgehead atoms. The monoisotopic (exact) mass is 327 g/mol. The van der Waals surface area contributed by atoms with Crippen LogP contribution in [-0.2, 0) is 0 Å². The van der Waals surface area contributed by atoms with Gasteiger partial charge in [0.2, 0.25) is 0 Å². The summed E-state index contributed by atoms with van der Waals surface area (Å²) in [6, 6.07) is 2.00. The molecule has 1 aromatic heterocycles. The van der Waals surface area contributed by atoms with Gasteiger partial charge in [0.1, 0.15) is 0 Å². The fourth-order valence-electron chi connectivity index (χ4n) is 2.26. The van der Waals surface area contributed by atoms with Gasteiger partial charge in [0.15, 0.2) is 0 Å². The zero-order valence-electron chi connectivity index (χ0n) is 14.6. The van der Waals surface area contributed by atoms with Crippen LogP contribution in [0.2, 0.25) is 0 Å². The van der Waals surface area contributed by atoms with Gasteiger partial charge in [0, 0.05) is 15.4 Å². The molecule has 1 heterocycles. The summed E-state index contributed by atoms with van der Waals surface area (Å²) < 4.78 is 1.11. The van der Waals surface area contributed by atoms with Gasteiger partial charge >= 0.3 is 0 Å². The molecule has 0 aliphatic carbocycles. The highest BCUT2D eigenvalue weighted by Crippen LogP contribution is 2.23. The molecule has 1 rings (SSSR count). The first kappa shape index (κ1) is 19.0. The van der Waals surface area contributed by atoms with Gasteiger partial charge in [0.25, 0.3) is 0 Å². The van der Waals surface area contributed by atoms with Crippen LogP contribution in [0.1, 0.15) is 34.6 Å². The minimum Gasteiger partial charge on any atom is -0.268 e. The third kappa shape index (κ3) is 4.96. The van der Waals surface area contributed by atoms with Crippen LogP contribution in [0.3, 0.4) is 0 Å². The van der Waals surface area contributed by atoms with Crippen LogP contribution in [0.15, 0.2) is 56.6 Å². The Balaban J connectivity index is 3.48. The average molecular weight is 327 g/mol. The van der Waals surface area contributed by atoms with Gasteiger partial charge in [-0.05, 0) is 62.1 Å². The van der Waals surface area contributed by atoms with Crippen LogP contribution >= 0.6 is 11.3 Å². The number of nitrogens with zero attached hydrogens (tertiary/aromatic N) is 2. The molecule has 1 N–H and O–H groups in total. The molecule has 0 saturated heterocycles. The molecule has 122 valence electrons. The van der Waals surface area contributed by atoms with Crippen LogP contribution in [0.5, 0.6) is 0 Å². The molecule has 0 unspecified atom stereocenters. The van der Waals surface area contributed by atoms with Gasteiger partial charge in [-0.15, -0.1) is 11.3 Å². The van der Waals surface area contributed by atoms with Crippen LogP contribution < -0.4 is 9.75 Å². The molecule has 3 nitrogen and oxygen atoms in total. The summed E-state index contributed by atoms with van der Waals surface area (Å²) >= 11 is 1.65. The highest BCUT2D eigenvalue weighted by Gasteiger charge is 2.08. The van der Waals surface area contributed by atoms with Gasteiger partial charge in [-0.3, -0.25) is 4.99 Å². The SMILES string of the molecule is C=N/C(=C(/C=C\C)C(\C)=C\C=c1/scc/c1=C(\C)N=N)C(C)C. The van der Waals surface area contributed by atoms with Crippen molar-refractivity contribution in [1.82, 2.24) is 0 Å². The predicted octanol–water partition coefficient (Wildman–Crippen LogP) is 4.82. The highest BCUT2D eigenvalue weighted by atomic mass is 32.1. The van der Waals surface area contributed by atoms with Crippen molar-refractivity contribution in [1.29, 1.82) is 5.53 Å². The van der Waals surface area contributed by atoms with Gasteiger partial charge in [-0.25, -0.2) is 5.53 Å². The van der Waals surface area contributed by atoms with E-state index in [-0.39, 0.29) is 0 Å². The van der Waals surface area contributed by atoms with E-state index in [2.05, 4.69) is 55.8 Å². The Hall–Kier alpha value is -2.07. The maximum absolute atomic E-state index is 7.18. The second kappa shape index (κ2) is 9.16. The fraction of sp³-hybridized carbons (Fsp3) is 0.316. The topological polar surface area (TPSA) is 48.6 Å². The first-order chi connectivity index (χ1) is 11.0. The van der Waals surface area contributed by atoms with Crippen molar-refractivity contribution in [2.45, 2.75) is 34.6 Å². The van der Waals surface area contributed by atoms with Crippen molar-refractivity contribution < 1.29 is 0 Å². The Morgan fingerprint density at radius 3 is 2.57 bits per heavy atom. The molecule has 0 amide bonds. The van der Waals surface area contributed by atoms with Gasteiger partial charge < -0.3 is 0 Å². The van der Waals surface area contributed by atoms with Crippen molar-refractivity contribution >= 4 is 29.8 Å². The first-order valence-corrected chi connectivity index (χ1v) is 8.48. The van der Waals surface area contributed by atoms with Crippen LogP contribution in [0.25, 0.3) is 11.8 Å². The Morgan fingerprint density at radius 2 is 2.04 bits per heavy atom. The number of aliphatic imine (C=N–C) groups is 1. The molecule has 0 aliphatic rings. The molecular formula is C19H25N3S. The molecule has 0 fully saturated rings. The zero-order valence-corrected chi connectivity index (χ0v) is 15.4. The van der Waals surface area contributed by atoms with Gasteiger partial charge in [0.05, 0.1) is 5.70 Å². The maximum Gasteiger partial charge on any atom is 0.0679 e. The van der Waals surface area contributed by atoms with Crippen LogP contribution in [-0.4, -0.2) is 6.72 Å². The summed E-state index contributed by atoms with van der Waals surface area (Å²) in [5.41, 5.74) is 11.1. The number of thiophene rings is 1. The third-order valence-electron chi connectivity index (χ3n) is 3.49. The number of hydrogen-bond acceptors (Lipinski definition) is 4. The normalized spacial score (nSPS) is 15.9. The zero-order chi connectivity index (χ0) is 17.4. The van der Waals surface area contributed by atoms with E-state index in [9.17, 15) is 0 Å². The molecular weight excluding hydrogens is 302 g/mol. The third-order valence-corrected chi connectivity index (χ3v) is 4.37. The average Bonchev–Trinajstić information content (AvgIpc) is 2.99. The first-order valence-electron chi connectivity index (χ1n) is 7.60. The Labute approximate surface area is 142 Å². The smallest absolute Gasteiger partial charge is 0.0679 e. The summed E-state index contributed by atoms with van der Waals surface area (Å²) in [6.45, 7) is 13.9. The molecule has 0 aromatic carbocycles. The van der Waals surface area contributed by atoms with Crippen LogP contribution in [0, 0.1) is 11.4 Å². The lowest BCUT2D eigenvalue weighted by atomic mass is 9.98. The van der Waals surface area contributed by atoms with Crippen molar-refractivity contribution in [3.8, 4) is 0 Å². The van der Waals surface area contributed by atoms with E-state index in [0.717, 1.165) is 32.3 Å². The van der Waals surface area contributed by atoms with E-state index < -0.39 is 0 Å². The van der Waals surface area contributed by atoms with E-state index in [1.165, 1.54) is 0 Å². The largest absolute Gasteiger partial charge is 0.268 e. The standard InChI is InChI=1S/C19H25N3S/c1-7-8-16(19(21-6)13(2)3)14(4)9-10-18-17(11-12-23-18)15(5)22-20/h7-13,20H,6H2,1-5H3/b8-7-,14-9+,17-15-,18-10-,19-16-,22-20?. The molecule has 0 aliphatic heterocycles. The number of rotatable bonds is 6. The lowest BCUT2D eigenvalue weighted by molar-refractivity contribution is 0.752. The minimum atomic E-state index is 0.317. The second-order valence-electron chi connectivity index (χ2n) is 5.52. The van der Waals surface area contributed by atoms with Gasteiger partial charge in [-0.2, -0.15) is 5.11 Å². The Bertz CT molecular complexity index is 774. The van der Waals surface area contributed by atoms with E-state index in [4.69, 9.17) is 5.53 Å². The maximum atomic E-state index is 7.18. The molecule has 23 heavy (non-hydrogen) atoms. The van der Waals surface area contributed by atoms with E-state index >= 15 is 0 Å². The molecule has 0 radical (unpaired) electrons. The van der Waals surface area contributed by atoms with Crippen molar-refractivity contribution in [3.05, 3.63) is 56.3 Å². The number of allylic oxidation sites excluding steroid dienone is 6. The van der Waals surface area contributed by atoms with Gasteiger partial charge in [-0.1, -0.05) is 32.1 Å². The highest BCUT2D eigenvalue weighted by molar-refractivity contribution is 7.07. The molecule has 0 saturated carbocycles. The Kier molecular flexibility index (Phi) is 7.55. The lowest BCUT2D eigenvalue weighted by Crippen LogP contribution is -2.19. The molecule has 4 heteroatoms. The number of nitrogens with one attached hydrogen (secondary N) is 1. The number of hydrogen-bond donors (Lipinski definition) is 1. The lowest BCUT2D eigenvalue weighted by Gasteiger charge is -2.12. The summed E-state index contributed by atoms with van der Waals surface area (Å²) in [4.78, 5) is 4.21. The Morgan fingerprint density at radius 1 is 1.35 bits per heavy atom. The summed E-state index contributed by atoms with van der Waals surface area (Å²) in [5, 5.41) is 6.57. The molecule has 1 aromatic rings. The van der Waals surface area contributed by atoms with E-state index in [1.54, 1.807) is 11.3 Å². The second-order valence-corrected chi connectivity index (χ2v) is 6.47. The summed E-state index contributed by atoms with van der Waals surface area (Å²) in [7, 11) is 0. The predicted molar refractivity (Wildman–Crippen MR) is 102 cm³/mol. The summed E-state index contributed by atoms with van der Waals surface area (Å²) in [6.07, 6.45) is 8.27. The quantitative estimate of drug-likeness (QED) is 0.442. The molecule has 0 spiro atoms. The van der Waals surface area contributed by atoms with Crippen LogP contribution in [0.4, 0.5) is 0 Å². The fourth-order valence-corrected chi connectivity index (χ4v) is 3.10. The summed E-state index contributed by atoms with van der Waals surface area (Å²) in [5.74, 6) is 0.317. The minimum absolute atomic E-state index is 0.317.